The number of carbonyl (C=O) groups excluding carboxylic acids is 1. The molecule has 0 spiro atoms. The van der Waals surface area contributed by atoms with Gasteiger partial charge in [0.2, 0.25) is 5.91 Å². The molecule has 0 radical (unpaired) electrons. The minimum Gasteiger partial charge on any atom is -0.309 e. The van der Waals surface area contributed by atoms with Gasteiger partial charge in [-0.25, -0.2) is 0 Å². The number of nitrogens with one attached hydrogen (secondary N) is 3. The molecular formula is C14H15N5O. The van der Waals surface area contributed by atoms with Gasteiger partial charge in [-0.1, -0.05) is 18.2 Å². The Hall–Kier alpha value is -2.63. The molecule has 1 amide bonds. The van der Waals surface area contributed by atoms with Gasteiger partial charge in [-0.15, -0.1) is 0 Å². The summed E-state index contributed by atoms with van der Waals surface area (Å²) in [6.07, 6.45) is 1.01. The van der Waals surface area contributed by atoms with E-state index in [1.54, 1.807) is 6.07 Å². The molecule has 0 bridgehead atoms. The molecule has 6 heteroatoms. The summed E-state index contributed by atoms with van der Waals surface area (Å²) in [5, 5.41) is 17.8. The molecule has 0 unspecified atom stereocenters. The van der Waals surface area contributed by atoms with Crippen LogP contribution in [0.1, 0.15) is 17.8 Å². The van der Waals surface area contributed by atoms with Gasteiger partial charge >= 0.3 is 0 Å². The number of aromatic nitrogens is 4. The summed E-state index contributed by atoms with van der Waals surface area (Å²) in [5.74, 6) is 0.497. The van der Waals surface area contributed by atoms with Gasteiger partial charge in [-0.3, -0.25) is 15.0 Å². The van der Waals surface area contributed by atoms with Gasteiger partial charge in [0.15, 0.2) is 5.82 Å². The molecule has 0 aliphatic heterocycles. The topological polar surface area (TPSA) is 86.5 Å². The van der Waals surface area contributed by atoms with Gasteiger partial charge in [0.05, 0.1) is 5.52 Å². The van der Waals surface area contributed by atoms with E-state index in [4.69, 9.17) is 0 Å². The summed E-state index contributed by atoms with van der Waals surface area (Å²) in [7, 11) is 0. The molecule has 0 saturated heterocycles. The highest BCUT2D eigenvalue weighted by Gasteiger charge is 2.09. The van der Waals surface area contributed by atoms with Crippen LogP contribution < -0.4 is 5.32 Å². The highest BCUT2D eigenvalue weighted by molar-refractivity contribution is 5.90. The molecule has 6 nitrogen and oxygen atoms in total. The van der Waals surface area contributed by atoms with E-state index in [0.717, 1.165) is 22.3 Å². The standard InChI is InChI=1S/C14H15N5O/c1-9-8-13(19-16-9)15-14(20)7-6-12-10-4-2-3-5-11(10)17-18-12/h2-5,8H,6-7H2,1H3,(H,17,18)(H2,15,16,19,20). The summed E-state index contributed by atoms with van der Waals surface area (Å²) in [6.45, 7) is 1.89. The zero-order valence-corrected chi connectivity index (χ0v) is 11.1. The Morgan fingerprint density at radius 3 is 2.90 bits per heavy atom. The molecule has 0 atom stereocenters. The summed E-state index contributed by atoms with van der Waals surface area (Å²) >= 11 is 0. The predicted octanol–water partition coefficient (Wildman–Crippen LogP) is 2.17. The fourth-order valence-electron chi connectivity index (χ4n) is 2.13. The second-order valence-electron chi connectivity index (χ2n) is 4.70. The van der Waals surface area contributed by atoms with Gasteiger partial charge < -0.3 is 5.32 Å². The number of para-hydroxylation sites is 1. The van der Waals surface area contributed by atoms with Crippen molar-refractivity contribution >= 4 is 22.6 Å². The van der Waals surface area contributed by atoms with Crippen molar-refractivity contribution in [3.05, 3.63) is 41.7 Å². The van der Waals surface area contributed by atoms with E-state index < -0.39 is 0 Å². The van der Waals surface area contributed by atoms with Crippen molar-refractivity contribution in [1.29, 1.82) is 0 Å². The van der Waals surface area contributed by atoms with Crippen LogP contribution in [-0.4, -0.2) is 26.3 Å². The van der Waals surface area contributed by atoms with Crippen molar-refractivity contribution < 1.29 is 4.79 Å². The van der Waals surface area contributed by atoms with Crippen LogP contribution in [0.15, 0.2) is 30.3 Å². The molecule has 3 N–H and O–H groups in total. The van der Waals surface area contributed by atoms with E-state index in [2.05, 4.69) is 25.7 Å². The van der Waals surface area contributed by atoms with Crippen molar-refractivity contribution in [2.75, 3.05) is 5.32 Å². The van der Waals surface area contributed by atoms with E-state index in [0.29, 0.717) is 18.7 Å². The third-order valence-corrected chi connectivity index (χ3v) is 3.12. The van der Waals surface area contributed by atoms with Crippen LogP contribution in [0.2, 0.25) is 0 Å². The summed E-state index contributed by atoms with van der Waals surface area (Å²) in [4.78, 5) is 11.9. The van der Waals surface area contributed by atoms with Crippen LogP contribution >= 0.6 is 0 Å². The molecule has 3 aromatic rings. The third-order valence-electron chi connectivity index (χ3n) is 3.12. The average molecular weight is 269 g/mol. The maximum absolute atomic E-state index is 11.9. The Labute approximate surface area is 115 Å². The molecule has 3 rings (SSSR count). The van der Waals surface area contributed by atoms with Gasteiger partial charge in [0, 0.05) is 29.3 Å². The molecule has 0 fully saturated rings. The summed E-state index contributed by atoms with van der Waals surface area (Å²) in [5.41, 5.74) is 2.82. The second kappa shape index (κ2) is 5.16. The number of benzene rings is 1. The molecule has 2 aromatic heterocycles. The van der Waals surface area contributed by atoms with E-state index in [9.17, 15) is 4.79 Å². The SMILES string of the molecule is Cc1cc(NC(=O)CCc2[nH]nc3ccccc23)n[nH]1. The lowest BCUT2D eigenvalue weighted by Gasteiger charge is -2.01. The quantitative estimate of drug-likeness (QED) is 0.678. The normalized spacial score (nSPS) is 10.8. The average Bonchev–Trinajstić information content (AvgIpc) is 3.03. The summed E-state index contributed by atoms with van der Waals surface area (Å²) in [6, 6.07) is 9.65. The number of carbonyl (C=O) groups is 1. The Kier molecular flexibility index (Phi) is 3.20. The fraction of sp³-hybridized carbons (Fsp3) is 0.214. The first-order valence-electron chi connectivity index (χ1n) is 6.46. The van der Waals surface area contributed by atoms with Gasteiger partial charge in [0.25, 0.3) is 0 Å². The number of H-pyrrole nitrogens is 2. The first-order chi connectivity index (χ1) is 9.72. The van der Waals surface area contributed by atoms with Crippen LogP contribution in [0.3, 0.4) is 0 Å². The number of aryl methyl sites for hydroxylation is 2. The monoisotopic (exact) mass is 269 g/mol. The zero-order valence-electron chi connectivity index (χ0n) is 11.1. The maximum Gasteiger partial charge on any atom is 0.225 e. The number of fused-ring (bicyclic) bond motifs is 1. The Morgan fingerprint density at radius 1 is 1.25 bits per heavy atom. The van der Waals surface area contributed by atoms with Crippen LogP contribution in [-0.2, 0) is 11.2 Å². The third kappa shape index (κ3) is 2.54. The van der Waals surface area contributed by atoms with Gasteiger partial charge in [-0.05, 0) is 19.4 Å². The Morgan fingerprint density at radius 2 is 2.10 bits per heavy atom. The minimum absolute atomic E-state index is 0.0600. The molecule has 0 aliphatic carbocycles. The van der Waals surface area contributed by atoms with E-state index in [1.165, 1.54) is 0 Å². The number of nitrogens with zero attached hydrogens (tertiary/aromatic N) is 2. The molecular weight excluding hydrogens is 254 g/mol. The molecule has 2 heterocycles. The number of hydrogen-bond donors (Lipinski definition) is 3. The Balaban J connectivity index is 1.63. The largest absolute Gasteiger partial charge is 0.309 e. The molecule has 102 valence electrons. The van der Waals surface area contributed by atoms with Crippen molar-refractivity contribution in [3.63, 3.8) is 0 Å². The van der Waals surface area contributed by atoms with Crippen LogP contribution in [0.4, 0.5) is 5.82 Å². The first-order valence-corrected chi connectivity index (χ1v) is 6.46. The zero-order chi connectivity index (χ0) is 13.9. The minimum atomic E-state index is -0.0600. The number of rotatable bonds is 4. The molecule has 0 aliphatic rings. The van der Waals surface area contributed by atoms with Crippen molar-refractivity contribution in [1.82, 2.24) is 20.4 Å². The van der Waals surface area contributed by atoms with E-state index >= 15 is 0 Å². The highest BCUT2D eigenvalue weighted by atomic mass is 16.1. The molecule has 0 saturated carbocycles. The lowest BCUT2D eigenvalue weighted by Crippen LogP contribution is -2.12. The Bertz CT molecular complexity index is 743. The lowest BCUT2D eigenvalue weighted by molar-refractivity contribution is -0.116. The van der Waals surface area contributed by atoms with Crippen molar-refractivity contribution in [2.24, 2.45) is 0 Å². The maximum atomic E-state index is 11.9. The number of amides is 1. The van der Waals surface area contributed by atoms with E-state index in [-0.39, 0.29) is 5.91 Å². The highest BCUT2D eigenvalue weighted by Crippen LogP contribution is 2.16. The summed E-state index contributed by atoms with van der Waals surface area (Å²) < 4.78 is 0. The lowest BCUT2D eigenvalue weighted by atomic mass is 10.1. The van der Waals surface area contributed by atoms with Crippen LogP contribution in [0, 0.1) is 6.92 Å². The van der Waals surface area contributed by atoms with E-state index in [1.807, 2.05) is 31.2 Å². The van der Waals surface area contributed by atoms with Crippen molar-refractivity contribution in [2.45, 2.75) is 19.8 Å². The van der Waals surface area contributed by atoms with Gasteiger partial charge in [-0.2, -0.15) is 10.2 Å². The first kappa shape index (κ1) is 12.4. The molecule has 1 aromatic carbocycles. The number of aromatic amines is 2. The number of anilines is 1. The van der Waals surface area contributed by atoms with Crippen molar-refractivity contribution in [3.8, 4) is 0 Å². The smallest absolute Gasteiger partial charge is 0.225 e. The number of hydrogen-bond acceptors (Lipinski definition) is 3. The van der Waals surface area contributed by atoms with Crippen LogP contribution in [0.5, 0.6) is 0 Å². The molecule has 20 heavy (non-hydrogen) atoms. The second-order valence-corrected chi connectivity index (χ2v) is 4.70. The predicted molar refractivity (Wildman–Crippen MR) is 76.4 cm³/mol. The van der Waals surface area contributed by atoms with Crippen LogP contribution in [0.25, 0.3) is 10.9 Å². The van der Waals surface area contributed by atoms with Gasteiger partial charge in [0.1, 0.15) is 0 Å². The fourth-order valence-corrected chi connectivity index (χ4v) is 2.13.